The molecule has 2 aromatic rings. The SMILES string of the molecule is Cc1cccc(-c2nc(CSC(C(=O)O)C(C)C)no2)c1. The summed E-state index contributed by atoms with van der Waals surface area (Å²) in [5.74, 6) is 0.645. The van der Waals surface area contributed by atoms with Gasteiger partial charge in [0.2, 0.25) is 0 Å². The molecular weight excluding hydrogens is 288 g/mol. The van der Waals surface area contributed by atoms with Crippen molar-refractivity contribution in [2.45, 2.75) is 31.8 Å². The van der Waals surface area contributed by atoms with Crippen molar-refractivity contribution in [3.05, 3.63) is 35.7 Å². The number of aryl methyl sites for hydroxylation is 1. The third-order valence-electron chi connectivity index (χ3n) is 2.97. The van der Waals surface area contributed by atoms with E-state index in [0.29, 0.717) is 17.5 Å². The zero-order chi connectivity index (χ0) is 15.4. The molecule has 0 bridgehead atoms. The molecule has 2 rings (SSSR count). The molecule has 0 amide bonds. The molecule has 1 aromatic carbocycles. The highest BCUT2D eigenvalue weighted by Crippen LogP contribution is 2.24. The topological polar surface area (TPSA) is 76.2 Å². The second-order valence-electron chi connectivity index (χ2n) is 5.20. The summed E-state index contributed by atoms with van der Waals surface area (Å²) < 4.78 is 5.24. The van der Waals surface area contributed by atoms with Gasteiger partial charge in [0.05, 0.1) is 5.75 Å². The highest BCUT2D eigenvalue weighted by atomic mass is 32.2. The first-order valence-electron chi connectivity index (χ1n) is 6.71. The number of aromatic nitrogens is 2. The van der Waals surface area contributed by atoms with Crippen molar-refractivity contribution in [2.75, 3.05) is 0 Å². The van der Waals surface area contributed by atoms with Crippen molar-refractivity contribution in [2.24, 2.45) is 5.92 Å². The van der Waals surface area contributed by atoms with Crippen LogP contribution in [0.25, 0.3) is 11.5 Å². The third kappa shape index (κ3) is 4.07. The lowest BCUT2D eigenvalue weighted by Crippen LogP contribution is -2.22. The van der Waals surface area contributed by atoms with Crippen LogP contribution in [0.5, 0.6) is 0 Å². The standard InChI is InChI=1S/C15H18N2O3S/c1-9(2)13(15(18)19)21-8-12-16-14(20-17-12)11-6-4-5-10(3)7-11/h4-7,9,13H,8H2,1-3H3,(H,18,19). The fraction of sp³-hybridized carbons (Fsp3) is 0.400. The molecule has 21 heavy (non-hydrogen) atoms. The fourth-order valence-electron chi connectivity index (χ4n) is 1.92. The summed E-state index contributed by atoms with van der Waals surface area (Å²) in [6.07, 6.45) is 0. The lowest BCUT2D eigenvalue weighted by Gasteiger charge is -2.14. The number of benzene rings is 1. The first-order valence-corrected chi connectivity index (χ1v) is 7.76. The van der Waals surface area contributed by atoms with Crippen molar-refractivity contribution >= 4 is 17.7 Å². The van der Waals surface area contributed by atoms with Crippen LogP contribution >= 0.6 is 11.8 Å². The van der Waals surface area contributed by atoms with Crippen molar-refractivity contribution in [1.82, 2.24) is 10.1 Å². The van der Waals surface area contributed by atoms with Gasteiger partial charge in [-0.25, -0.2) is 0 Å². The van der Waals surface area contributed by atoms with Gasteiger partial charge in [-0.15, -0.1) is 11.8 Å². The molecule has 0 radical (unpaired) electrons. The molecule has 1 N–H and O–H groups in total. The van der Waals surface area contributed by atoms with E-state index in [2.05, 4.69) is 10.1 Å². The largest absolute Gasteiger partial charge is 0.480 e. The Balaban J connectivity index is 2.05. The number of nitrogens with zero attached hydrogens (tertiary/aromatic N) is 2. The van der Waals surface area contributed by atoms with E-state index in [9.17, 15) is 4.79 Å². The van der Waals surface area contributed by atoms with Gasteiger partial charge in [0.15, 0.2) is 5.82 Å². The minimum absolute atomic E-state index is 0.0515. The summed E-state index contributed by atoms with van der Waals surface area (Å²) in [6, 6.07) is 7.81. The van der Waals surface area contributed by atoms with E-state index in [0.717, 1.165) is 11.1 Å². The molecule has 1 unspecified atom stereocenters. The molecular formula is C15H18N2O3S. The second kappa shape index (κ2) is 6.76. The number of carboxylic acid groups (broad SMARTS) is 1. The average Bonchev–Trinajstić information content (AvgIpc) is 2.87. The Labute approximate surface area is 127 Å². The predicted molar refractivity (Wildman–Crippen MR) is 82.0 cm³/mol. The molecule has 0 saturated carbocycles. The quantitative estimate of drug-likeness (QED) is 0.881. The molecule has 1 aromatic heterocycles. The van der Waals surface area contributed by atoms with Gasteiger partial charge in [-0.05, 0) is 25.0 Å². The first-order chi connectivity index (χ1) is 9.97. The van der Waals surface area contributed by atoms with Crippen LogP contribution in [0.1, 0.15) is 25.2 Å². The molecule has 0 fully saturated rings. The van der Waals surface area contributed by atoms with Gasteiger partial charge in [0.1, 0.15) is 5.25 Å². The molecule has 0 aliphatic rings. The smallest absolute Gasteiger partial charge is 0.316 e. The molecule has 0 aliphatic carbocycles. The van der Waals surface area contributed by atoms with Crippen LogP contribution in [0.3, 0.4) is 0 Å². The van der Waals surface area contributed by atoms with Gasteiger partial charge in [0.25, 0.3) is 5.89 Å². The van der Waals surface area contributed by atoms with E-state index in [-0.39, 0.29) is 5.92 Å². The maximum Gasteiger partial charge on any atom is 0.316 e. The Morgan fingerprint density at radius 2 is 2.19 bits per heavy atom. The molecule has 112 valence electrons. The van der Waals surface area contributed by atoms with Crippen LogP contribution in [0.4, 0.5) is 0 Å². The minimum Gasteiger partial charge on any atom is -0.480 e. The Morgan fingerprint density at radius 1 is 1.43 bits per heavy atom. The van der Waals surface area contributed by atoms with Crippen LogP contribution in [-0.2, 0) is 10.5 Å². The number of hydrogen-bond donors (Lipinski definition) is 1. The zero-order valence-corrected chi connectivity index (χ0v) is 13.1. The van der Waals surface area contributed by atoms with Crippen molar-refractivity contribution in [3.63, 3.8) is 0 Å². The van der Waals surface area contributed by atoms with Crippen molar-refractivity contribution < 1.29 is 14.4 Å². The van der Waals surface area contributed by atoms with Gasteiger partial charge < -0.3 is 9.63 Å². The van der Waals surface area contributed by atoms with Crippen LogP contribution in [0.15, 0.2) is 28.8 Å². The first kappa shape index (κ1) is 15.6. The van der Waals surface area contributed by atoms with Crippen LogP contribution in [0, 0.1) is 12.8 Å². The van der Waals surface area contributed by atoms with Gasteiger partial charge in [0, 0.05) is 5.56 Å². The summed E-state index contributed by atoms with van der Waals surface area (Å²) >= 11 is 1.32. The Kier molecular flexibility index (Phi) is 5.01. The zero-order valence-electron chi connectivity index (χ0n) is 12.2. The van der Waals surface area contributed by atoms with Crippen molar-refractivity contribution in [1.29, 1.82) is 0 Å². The molecule has 1 heterocycles. The van der Waals surface area contributed by atoms with Gasteiger partial charge in [-0.3, -0.25) is 4.79 Å². The number of rotatable bonds is 6. The van der Waals surface area contributed by atoms with E-state index in [1.807, 2.05) is 45.0 Å². The summed E-state index contributed by atoms with van der Waals surface area (Å²) in [5.41, 5.74) is 1.99. The van der Waals surface area contributed by atoms with E-state index in [4.69, 9.17) is 9.63 Å². The molecule has 1 atom stereocenters. The lowest BCUT2D eigenvalue weighted by molar-refractivity contribution is -0.137. The van der Waals surface area contributed by atoms with Gasteiger partial charge in [-0.1, -0.05) is 36.7 Å². The molecule has 0 saturated heterocycles. The predicted octanol–water partition coefficient (Wildman–Crippen LogP) is 3.39. The highest BCUT2D eigenvalue weighted by Gasteiger charge is 2.22. The number of aliphatic carboxylic acids is 1. The van der Waals surface area contributed by atoms with Gasteiger partial charge in [-0.2, -0.15) is 4.98 Å². The summed E-state index contributed by atoms with van der Waals surface area (Å²) in [6.45, 7) is 5.77. The van der Waals surface area contributed by atoms with Crippen LogP contribution in [0.2, 0.25) is 0 Å². The normalized spacial score (nSPS) is 12.6. The Hall–Kier alpha value is -1.82. The lowest BCUT2D eigenvalue weighted by atomic mass is 10.1. The highest BCUT2D eigenvalue weighted by molar-refractivity contribution is 7.99. The number of carboxylic acids is 1. The maximum absolute atomic E-state index is 11.1. The third-order valence-corrected chi connectivity index (χ3v) is 4.50. The molecule has 6 heteroatoms. The molecule has 5 nitrogen and oxygen atoms in total. The Morgan fingerprint density at radius 3 is 2.81 bits per heavy atom. The monoisotopic (exact) mass is 306 g/mol. The maximum atomic E-state index is 11.1. The summed E-state index contributed by atoms with van der Waals surface area (Å²) in [5, 5.41) is 12.6. The molecule has 0 aliphatic heterocycles. The van der Waals surface area contributed by atoms with Gasteiger partial charge >= 0.3 is 5.97 Å². The van der Waals surface area contributed by atoms with E-state index >= 15 is 0 Å². The van der Waals surface area contributed by atoms with Crippen LogP contribution in [-0.4, -0.2) is 26.5 Å². The number of hydrogen-bond acceptors (Lipinski definition) is 5. The van der Waals surface area contributed by atoms with E-state index in [1.54, 1.807) is 0 Å². The minimum atomic E-state index is -0.808. The number of thioether (sulfide) groups is 1. The van der Waals surface area contributed by atoms with Crippen LogP contribution < -0.4 is 0 Å². The van der Waals surface area contributed by atoms with E-state index < -0.39 is 11.2 Å². The molecule has 0 spiro atoms. The summed E-state index contributed by atoms with van der Waals surface area (Å²) in [4.78, 5) is 15.5. The summed E-state index contributed by atoms with van der Waals surface area (Å²) in [7, 11) is 0. The average molecular weight is 306 g/mol. The number of carbonyl (C=O) groups is 1. The van der Waals surface area contributed by atoms with E-state index in [1.165, 1.54) is 11.8 Å². The Bertz CT molecular complexity index is 625. The fourth-order valence-corrected chi connectivity index (χ4v) is 2.89. The second-order valence-corrected chi connectivity index (χ2v) is 6.33. The van der Waals surface area contributed by atoms with Crippen molar-refractivity contribution in [3.8, 4) is 11.5 Å².